The van der Waals surface area contributed by atoms with E-state index in [0.717, 1.165) is 45.0 Å². The molecule has 7 heteroatoms. The number of likely N-dealkylation sites (tertiary alicyclic amines) is 1. The van der Waals surface area contributed by atoms with Crippen molar-refractivity contribution in [3.8, 4) is 0 Å². The second-order valence-electron chi connectivity index (χ2n) is 6.95. The Bertz CT molecular complexity index is 589. The van der Waals surface area contributed by atoms with Crippen LogP contribution in [0.15, 0.2) is 23.2 Å². The third-order valence-electron chi connectivity index (χ3n) is 4.54. The van der Waals surface area contributed by atoms with Gasteiger partial charge in [-0.1, -0.05) is 36.2 Å². The SMILES string of the molecule is CCNC(=NCC(C)CO)NC1CCN(Cc2ccc(Cl)c(Cl)c2)CC1. The van der Waals surface area contributed by atoms with E-state index < -0.39 is 0 Å². The summed E-state index contributed by atoms with van der Waals surface area (Å²) in [6.45, 7) is 8.63. The zero-order chi connectivity index (χ0) is 18.9. The summed E-state index contributed by atoms with van der Waals surface area (Å²) in [5, 5.41) is 17.2. The predicted molar refractivity (Wildman–Crippen MR) is 110 cm³/mol. The maximum atomic E-state index is 9.15. The second kappa shape index (κ2) is 11.0. The Hall–Kier alpha value is -1.01. The Labute approximate surface area is 166 Å². The molecule has 1 unspecified atom stereocenters. The summed E-state index contributed by atoms with van der Waals surface area (Å²) in [6, 6.07) is 6.27. The van der Waals surface area contributed by atoms with Gasteiger partial charge in [0.2, 0.25) is 0 Å². The van der Waals surface area contributed by atoms with Crippen LogP contribution in [0.25, 0.3) is 0 Å². The molecule has 1 heterocycles. The molecule has 0 spiro atoms. The first-order valence-electron chi connectivity index (χ1n) is 9.33. The monoisotopic (exact) mass is 400 g/mol. The summed E-state index contributed by atoms with van der Waals surface area (Å²) in [4.78, 5) is 7.02. The maximum Gasteiger partial charge on any atom is 0.191 e. The fraction of sp³-hybridized carbons (Fsp3) is 0.632. The molecule has 1 atom stereocenters. The van der Waals surface area contributed by atoms with Crippen LogP contribution in [0, 0.1) is 5.92 Å². The van der Waals surface area contributed by atoms with Crippen molar-refractivity contribution in [1.29, 1.82) is 0 Å². The molecule has 2 rings (SSSR count). The number of nitrogens with one attached hydrogen (secondary N) is 2. The average molecular weight is 401 g/mol. The molecule has 1 aromatic rings. The van der Waals surface area contributed by atoms with Crippen LogP contribution in [0.1, 0.15) is 32.3 Å². The number of aliphatic hydroxyl groups is 1. The molecule has 0 amide bonds. The molecule has 1 aliphatic rings. The quantitative estimate of drug-likeness (QED) is 0.485. The summed E-state index contributed by atoms with van der Waals surface area (Å²) in [7, 11) is 0. The maximum absolute atomic E-state index is 9.15. The van der Waals surface area contributed by atoms with Gasteiger partial charge in [0.15, 0.2) is 5.96 Å². The van der Waals surface area contributed by atoms with Crippen LogP contribution in [-0.4, -0.2) is 54.8 Å². The van der Waals surface area contributed by atoms with E-state index in [4.69, 9.17) is 28.3 Å². The molecule has 1 aliphatic heterocycles. The lowest BCUT2D eigenvalue weighted by Gasteiger charge is -2.33. The van der Waals surface area contributed by atoms with Crippen LogP contribution >= 0.6 is 23.2 Å². The lowest BCUT2D eigenvalue weighted by atomic mass is 10.0. The fourth-order valence-corrected chi connectivity index (χ4v) is 3.27. The lowest BCUT2D eigenvalue weighted by molar-refractivity contribution is 0.198. The minimum Gasteiger partial charge on any atom is -0.396 e. The summed E-state index contributed by atoms with van der Waals surface area (Å²) < 4.78 is 0. The first-order chi connectivity index (χ1) is 12.5. The fourth-order valence-electron chi connectivity index (χ4n) is 2.95. The van der Waals surface area contributed by atoms with Gasteiger partial charge in [-0.25, -0.2) is 0 Å². The number of rotatable bonds is 7. The van der Waals surface area contributed by atoms with Gasteiger partial charge < -0.3 is 15.7 Å². The van der Waals surface area contributed by atoms with E-state index in [-0.39, 0.29) is 12.5 Å². The van der Waals surface area contributed by atoms with Crippen LogP contribution in [0.5, 0.6) is 0 Å². The average Bonchev–Trinajstić information content (AvgIpc) is 2.64. The van der Waals surface area contributed by atoms with Gasteiger partial charge in [-0.15, -0.1) is 0 Å². The van der Waals surface area contributed by atoms with Gasteiger partial charge in [-0.2, -0.15) is 0 Å². The minimum absolute atomic E-state index is 0.163. The van der Waals surface area contributed by atoms with Gasteiger partial charge in [0.1, 0.15) is 0 Å². The third-order valence-corrected chi connectivity index (χ3v) is 5.27. The number of benzene rings is 1. The Morgan fingerprint density at radius 2 is 2.04 bits per heavy atom. The van der Waals surface area contributed by atoms with E-state index in [9.17, 15) is 0 Å². The number of halogens is 2. The van der Waals surface area contributed by atoms with Gasteiger partial charge in [0, 0.05) is 45.4 Å². The molecule has 1 aromatic carbocycles. The standard InChI is InChI=1S/C19H30Cl2N4O/c1-3-22-19(23-11-14(2)13-26)24-16-6-8-25(9-7-16)12-15-4-5-17(20)18(21)10-15/h4-5,10,14,16,26H,3,6-9,11-13H2,1-2H3,(H2,22,23,24). The molecule has 0 aromatic heterocycles. The molecule has 0 radical (unpaired) electrons. The topological polar surface area (TPSA) is 59.9 Å². The molecular weight excluding hydrogens is 371 g/mol. The molecule has 5 nitrogen and oxygen atoms in total. The minimum atomic E-state index is 0.163. The first kappa shape index (κ1) is 21.3. The second-order valence-corrected chi connectivity index (χ2v) is 7.76. The largest absolute Gasteiger partial charge is 0.396 e. The van der Waals surface area contributed by atoms with E-state index in [1.807, 2.05) is 25.1 Å². The summed E-state index contributed by atoms with van der Waals surface area (Å²) in [5.74, 6) is 1.02. The van der Waals surface area contributed by atoms with Crippen LogP contribution in [0.4, 0.5) is 0 Å². The molecule has 146 valence electrons. The van der Waals surface area contributed by atoms with Gasteiger partial charge in [0.05, 0.1) is 10.0 Å². The van der Waals surface area contributed by atoms with Crippen molar-refractivity contribution >= 4 is 29.2 Å². The number of aliphatic imine (C=N–C) groups is 1. The molecule has 0 aliphatic carbocycles. The van der Waals surface area contributed by atoms with Gasteiger partial charge in [0.25, 0.3) is 0 Å². The van der Waals surface area contributed by atoms with Crippen LogP contribution < -0.4 is 10.6 Å². The zero-order valence-electron chi connectivity index (χ0n) is 15.6. The van der Waals surface area contributed by atoms with Gasteiger partial charge in [-0.3, -0.25) is 9.89 Å². The summed E-state index contributed by atoms with van der Waals surface area (Å²) in [6.07, 6.45) is 2.14. The van der Waals surface area contributed by atoms with Crippen molar-refractivity contribution in [2.45, 2.75) is 39.3 Å². The number of hydrogen-bond donors (Lipinski definition) is 3. The van der Waals surface area contributed by atoms with Gasteiger partial charge in [-0.05, 0) is 43.4 Å². The molecule has 1 saturated heterocycles. The number of aliphatic hydroxyl groups excluding tert-OH is 1. The lowest BCUT2D eigenvalue weighted by Crippen LogP contribution is -2.48. The summed E-state index contributed by atoms with van der Waals surface area (Å²) in [5.41, 5.74) is 1.19. The molecule has 0 saturated carbocycles. The Morgan fingerprint density at radius 3 is 2.65 bits per heavy atom. The highest BCUT2D eigenvalue weighted by Gasteiger charge is 2.20. The van der Waals surface area contributed by atoms with E-state index in [2.05, 4.69) is 27.4 Å². The third kappa shape index (κ3) is 6.95. The van der Waals surface area contributed by atoms with Gasteiger partial charge >= 0.3 is 0 Å². The van der Waals surface area contributed by atoms with Crippen molar-refractivity contribution in [1.82, 2.24) is 15.5 Å². The molecular formula is C19H30Cl2N4O. The van der Waals surface area contributed by atoms with Crippen LogP contribution in [0.3, 0.4) is 0 Å². The number of hydrogen-bond acceptors (Lipinski definition) is 3. The Balaban J connectivity index is 1.81. The van der Waals surface area contributed by atoms with Crippen LogP contribution in [-0.2, 0) is 6.54 Å². The van der Waals surface area contributed by atoms with E-state index in [1.165, 1.54) is 5.56 Å². The van der Waals surface area contributed by atoms with Crippen molar-refractivity contribution in [2.75, 3.05) is 32.8 Å². The number of piperidine rings is 1. The van der Waals surface area contributed by atoms with Crippen molar-refractivity contribution in [3.63, 3.8) is 0 Å². The van der Waals surface area contributed by atoms with Crippen LogP contribution in [0.2, 0.25) is 10.0 Å². The van der Waals surface area contributed by atoms with Crippen molar-refractivity contribution in [3.05, 3.63) is 33.8 Å². The van der Waals surface area contributed by atoms with E-state index in [0.29, 0.717) is 22.6 Å². The Kier molecular flexibility index (Phi) is 8.99. The molecule has 26 heavy (non-hydrogen) atoms. The highest BCUT2D eigenvalue weighted by Crippen LogP contribution is 2.24. The smallest absolute Gasteiger partial charge is 0.191 e. The molecule has 3 N–H and O–H groups in total. The molecule has 1 fully saturated rings. The molecule has 0 bridgehead atoms. The number of guanidine groups is 1. The van der Waals surface area contributed by atoms with E-state index >= 15 is 0 Å². The van der Waals surface area contributed by atoms with Crippen molar-refractivity contribution < 1.29 is 5.11 Å². The van der Waals surface area contributed by atoms with E-state index in [1.54, 1.807) is 0 Å². The predicted octanol–water partition coefficient (Wildman–Crippen LogP) is 3.14. The normalized spacial score (nSPS) is 18.0. The van der Waals surface area contributed by atoms with Crippen molar-refractivity contribution in [2.24, 2.45) is 10.9 Å². The highest BCUT2D eigenvalue weighted by atomic mass is 35.5. The summed E-state index contributed by atoms with van der Waals surface area (Å²) >= 11 is 12.1. The highest BCUT2D eigenvalue weighted by molar-refractivity contribution is 6.42. The first-order valence-corrected chi connectivity index (χ1v) is 10.1. The number of nitrogens with zero attached hydrogens (tertiary/aromatic N) is 2. The zero-order valence-corrected chi connectivity index (χ0v) is 17.2. The Morgan fingerprint density at radius 1 is 1.31 bits per heavy atom.